The first-order valence-electron chi connectivity index (χ1n) is 8.11. The molecule has 1 atom stereocenters. The maximum atomic E-state index is 12.0. The van der Waals surface area contributed by atoms with E-state index in [4.69, 9.17) is 4.74 Å². The summed E-state index contributed by atoms with van der Waals surface area (Å²) in [6, 6.07) is 6.87. The van der Waals surface area contributed by atoms with Crippen molar-refractivity contribution < 1.29 is 13.7 Å². The Kier molecular flexibility index (Phi) is 6.59. The van der Waals surface area contributed by atoms with Crippen molar-refractivity contribution in [3.8, 4) is 0 Å². The lowest BCUT2D eigenvalue weighted by Gasteiger charge is -2.42. The van der Waals surface area contributed by atoms with Crippen molar-refractivity contribution in [1.82, 2.24) is 5.32 Å². The summed E-state index contributed by atoms with van der Waals surface area (Å²) in [5, 5.41) is 5.79. The summed E-state index contributed by atoms with van der Waals surface area (Å²) in [6.45, 7) is 4.18. The standard InChI is InChI=1S/C17H26N2O3S/c1-3-22-12-11-17(9-4-10-17)13-18-16(20)19-14-5-7-15(8-6-14)23(2)21/h5-8H,3-4,9-13H2,1-2H3,(H2,18,19,20). The number of benzene rings is 1. The van der Waals surface area contributed by atoms with Crippen molar-refractivity contribution in [2.24, 2.45) is 5.41 Å². The number of carbonyl (C=O) groups excluding carboxylic acids is 1. The number of hydrogen-bond acceptors (Lipinski definition) is 3. The Bertz CT molecular complexity index is 541. The Hall–Kier alpha value is -1.40. The number of amides is 2. The highest BCUT2D eigenvalue weighted by Crippen LogP contribution is 2.43. The first kappa shape index (κ1) is 17.9. The molecule has 2 amide bonds. The van der Waals surface area contributed by atoms with Crippen LogP contribution in [0.4, 0.5) is 10.5 Å². The third kappa shape index (κ3) is 5.32. The van der Waals surface area contributed by atoms with E-state index in [1.54, 1.807) is 30.5 Å². The van der Waals surface area contributed by atoms with Crippen LogP contribution >= 0.6 is 0 Å². The van der Waals surface area contributed by atoms with Gasteiger partial charge in [0.15, 0.2) is 0 Å². The highest BCUT2D eigenvalue weighted by Gasteiger charge is 2.36. The Morgan fingerprint density at radius 1 is 1.30 bits per heavy atom. The predicted molar refractivity (Wildman–Crippen MR) is 93.2 cm³/mol. The maximum absolute atomic E-state index is 12.0. The molecule has 128 valence electrons. The number of hydrogen-bond donors (Lipinski definition) is 2. The maximum Gasteiger partial charge on any atom is 0.319 e. The van der Waals surface area contributed by atoms with E-state index in [0.29, 0.717) is 12.2 Å². The zero-order valence-corrected chi connectivity index (χ0v) is 14.7. The van der Waals surface area contributed by atoms with E-state index >= 15 is 0 Å². The summed E-state index contributed by atoms with van der Waals surface area (Å²) >= 11 is 0. The highest BCUT2D eigenvalue weighted by molar-refractivity contribution is 7.84. The average Bonchev–Trinajstić information content (AvgIpc) is 2.49. The molecule has 1 saturated carbocycles. The van der Waals surface area contributed by atoms with Crippen LogP contribution in [-0.2, 0) is 15.5 Å². The molecule has 1 unspecified atom stereocenters. The first-order chi connectivity index (χ1) is 11.0. The largest absolute Gasteiger partial charge is 0.382 e. The molecule has 1 fully saturated rings. The van der Waals surface area contributed by atoms with Gasteiger partial charge in [-0.05, 0) is 55.9 Å². The number of rotatable bonds is 8. The monoisotopic (exact) mass is 338 g/mol. The van der Waals surface area contributed by atoms with Crippen molar-refractivity contribution >= 4 is 22.5 Å². The molecule has 1 aliphatic carbocycles. The van der Waals surface area contributed by atoms with Crippen molar-refractivity contribution in [3.63, 3.8) is 0 Å². The Morgan fingerprint density at radius 3 is 2.52 bits per heavy atom. The van der Waals surface area contributed by atoms with Crippen LogP contribution in [0.1, 0.15) is 32.6 Å². The van der Waals surface area contributed by atoms with E-state index in [0.717, 1.165) is 37.4 Å². The van der Waals surface area contributed by atoms with Crippen molar-refractivity contribution in [3.05, 3.63) is 24.3 Å². The van der Waals surface area contributed by atoms with Gasteiger partial charge in [-0.1, -0.05) is 6.42 Å². The van der Waals surface area contributed by atoms with Gasteiger partial charge in [0.05, 0.1) is 0 Å². The van der Waals surface area contributed by atoms with Crippen molar-refractivity contribution in [1.29, 1.82) is 0 Å². The minimum absolute atomic E-state index is 0.196. The summed E-state index contributed by atoms with van der Waals surface area (Å²) < 4.78 is 16.8. The lowest BCUT2D eigenvalue weighted by Crippen LogP contribution is -2.44. The van der Waals surface area contributed by atoms with Gasteiger partial charge in [0.25, 0.3) is 0 Å². The summed E-state index contributed by atoms with van der Waals surface area (Å²) in [7, 11) is -1.00. The molecule has 1 aromatic carbocycles. The van der Waals surface area contributed by atoms with Gasteiger partial charge < -0.3 is 15.4 Å². The van der Waals surface area contributed by atoms with Crippen LogP contribution in [0.5, 0.6) is 0 Å². The molecular weight excluding hydrogens is 312 g/mol. The second kappa shape index (κ2) is 8.45. The van der Waals surface area contributed by atoms with E-state index in [1.807, 2.05) is 6.92 Å². The highest BCUT2D eigenvalue weighted by atomic mass is 32.2. The number of carbonyl (C=O) groups is 1. The molecular formula is C17H26N2O3S. The van der Waals surface area contributed by atoms with Crippen LogP contribution in [0, 0.1) is 5.41 Å². The fourth-order valence-corrected chi connectivity index (χ4v) is 3.32. The molecule has 0 heterocycles. The molecule has 2 N–H and O–H groups in total. The van der Waals surface area contributed by atoms with Crippen molar-refractivity contribution in [2.75, 3.05) is 31.3 Å². The molecule has 1 aromatic rings. The summed E-state index contributed by atoms with van der Waals surface area (Å²) in [5.74, 6) is 0. The second-order valence-electron chi connectivity index (χ2n) is 6.09. The Balaban J connectivity index is 1.78. The number of ether oxygens (including phenoxy) is 1. The molecule has 0 bridgehead atoms. The van der Waals surface area contributed by atoms with Crippen LogP contribution in [0.25, 0.3) is 0 Å². The number of urea groups is 1. The van der Waals surface area contributed by atoms with Gasteiger partial charge in [0.2, 0.25) is 0 Å². The van der Waals surface area contributed by atoms with Crippen LogP contribution < -0.4 is 10.6 Å². The zero-order chi connectivity index (χ0) is 16.7. The lowest BCUT2D eigenvalue weighted by molar-refractivity contribution is 0.0561. The zero-order valence-electron chi connectivity index (χ0n) is 13.9. The lowest BCUT2D eigenvalue weighted by atomic mass is 9.67. The Labute approximate surface area is 140 Å². The van der Waals surface area contributed by atoms with Crippen LogP contribution in [-0.4, -0.2) is 36.3 Å². The third-order valence-electron chi connectivity index (χ3n) is 4.46. The number of nitrogens with one attached hydrogen (secondary N) is 2. The van der Waals surface area contributed by atoms with E-state index in [1.165, 1.54) is 6.42 Å². The van der Waals surface area contributed by atoms with Crippen molar-refractivity contribution in [2.45, 2.75) is 37.5 Å². The van der Waals surface area contributed by atoms with Gasteiger partial charge in [-0.15, -0.1) is 0 Å². The molecule has 5 nitrogen and oxygen atoms in total. The molecule has 0 spiro atoms. The first-order valence-corrected chi connectivity index (χ1v) is 9.66. The fraction of sp³-hybridized carbons (Fsp3) is 0.588. The molecule has 0 aliphatic heterocycles. The topological polar surface area (TPSA) is 67.4 Å². The summed E-state index contributed by atoms with van der Waals surface area (Å²) in [5.41, 5.74) is 0.906. The normalized spacial score (nSPS) is 17.1. The van der Waals surface area contributed by atoms with E-state index in [9.17, 15) is 9.00 Å². The third-order valence-corrected chi connectivity index (χ3v) is 5.40. The smallest absolute Gasteiger partial charge is 0.319 e. The molecule has 1 aliphatic rings. The molecule has 0 radical (unpaired) electrons. The molecule has 0 saturated heterocycles. The van der Waals surface area contributed by atoms with E-state index < -0.39 is 10.8 Å². The van der Waals surface area contributed by atoms with Gasteiger partial charge in [-0.3, -0.25) is 4.21 Å². The molecule has 23 heavy (non-hydrogen) atoms. The summed E-state index contributed by atoms with van der Waals surface area (Å²) in [4.78, 5) is 12.8. The Morgan fingerprint density at radius 2 is 2.00 bits per heavy atom. The van der Waals surface area contributed by atoms with Gasteiger partial charge >= 0.3 is 6.03 Å². The second-order valence-corrected chi connectivity index (χ2v) is 7.47. The summed E-state index contributed by atoms with van der Waals surface area (Å²) in [6.07, 6.45) is 6.16. The molecule has 0 aromatic heterocycles. The SMILES string of the molecule is CCOCCC1(CNC(=O)Nc2ccc(S(C)=O)cc2)CCC1. The predicted octanol–water partition coefficient (Wildman–Crippen LogP) is 3.14. The van der Waals surface area contributed by atoms with E-state index in [2.05, 4.69) is 10.6 Å². The minimum Gasteiger partial charge on any atom is -0.382 e. The van der Waals surface area contributed by atoms with E-state index in [-0.39, 0.29) is 11.4 Å². The average molecular weight is 338 g/mol. The van der Waals surface area contributed by atoms with Crippen LogP contribution in [0.3, 0.4) is 0 Å². The molecule has 6 heteroatoms. The number of anilines is 1. The van der Waals surface area contributed by atoms with Gasteiger partial charge in [-0.2, -0.15) is 0 Å². The van der Waals surface area contributed by atoms with Crippen LogP contribution in [0.2, 0.25) is 0 Å². The fourth-order valence-electron chi connectivity index (χ4n) is 2.80. The van der Waals surface area contributed by atoms with Gasteiger partial charge in [0.1, 0.15) is 0 Å². The molecule has 2 rings (SSSR count). The minimum atomic E-state index is -1.00. The van der Waals surface area contributed by atoms with Gasteiger partial charge in [0, 0.05) is 47.4 Å². The van der Waals surface area contributed by atoms with Crippen LogP contribution in [0.15, 0.2) is 29.2 Å². The van der Waals surface area contributed by atoms with Gasteiger partial charge in [-0.25, -0.2) is 4.79 Å². The quantitative estimate of drug-likeness (QED) is 0.716.